The molecule has 162 valence electrons. The lowest BCUT2D eigenvalue weighted by Crippen LogP contribution is -2.36. The third kappa shape index (κ3) is 6.16. The predicted octanol–water partition coefficient (Wildman–Crippen LogP) is 2.12. The molecule has 2 aromatic rings. The number of rotatable bonds is 7. The normalized spacial score (nSPS) is 17.5. The number of hydrogen-bond acceptors (Lipinski definition) is 6. The van der Waals surface area contributed by atoms with Crippen LogP contribution >= 0.6 is 0 Å². The molecule has 0 bridgehead atoms. The molecule has 30 heavy (non-hydrogen) atoms. The Morgan fingerprint density at radius 1 is 1.17 bits per heavy atom. The zero-order valence-corrected chi connectivity index (χ0v) is 18.5. The van der Waals surface area contributed by atoms with Crippen LogP contribution < -0.4 is 9.64 Å². The molecule has 1 aromatic heterocycles. The summed E-state index contributed by atoms with van der Waals surface area (Å²) in [5.74, 6) is 2.33. The lowest BCUT2D eigenvalue weighted by molar-refractivity contribution is -0.131. The molecule has 7 heteroatoms. The SMILES string of the molecule is COc1ccc(CCC(=O)N2CCN(C)C[C@H](Cc3cc(N(C)C)ncn3)C2)cc1. The monoisotopic (exact) mass is 411 g/mol. The molecule has 0 radical (unpaired) electrons. The van der Waals surface area contributed by atoms with E-state index in [0.29, 0.717) is 12.3 Å². The minimum absolute atomic E-state index is 0.225. The molecule has 1 aliphatic heterocycles. The second-order valence-electron chi connectivity index (χ2n) is 8.28. The van der Waals surface area contributed by atoms with E-state index < -0.39 is 0 Å². The smallest absolute Gasteiger partial charge is 0.222 e. The molecule has 1 saturated heterocycles. The van der Waals surface area contributed by atoms with Gasteiger partial charge in [-0.3, -0.25) is 4.79 Å². The molecular formula is C23H33N5O2. The van der Waals surface area contributed by atoms with Crippen LogP contribution in [-0.2, 0) is 17.6 Å². The van der Waals surface area contributed by atoms with Gasteiger partial charge in [-0.15, -0.1) is 0 Å². The Bertz CT molecular complexity index is 825. The minimum atomic E-state index is 0.225. The fourth-order valence-electron chi connectivity index (χ4n) is 3.88. The Hall–Kier alpha value is -2.67. The second kappa shape index (κ2) is 10.4. The molecule has 0 spiro atoms. The molecule has 7 nitrogen and oxygen atoms in total. The van der Waals surface area contributed by atoms with E-state index in [2.05, 4.69) is 21.9 Å². The highest BCUT2D eigenvalue weighted by Crippen LogP contribution is 2.18. The Labute approximate surface area is 179 Å². The van der Waals surface area contributed by atoms with Gasteiger partial charge in [-0.25, -0.2) is 9.97 Å². The first-order valence-electron chi connectivity index (χ1n) is 10.5. The molecule has 1 aromatic carbocycles. The summed E-state index contributed by atoms with van der Waals surface area (Å²) in [6, 6.07) is 9.99. The van der Waals surface area contributed by atoms with E-state index in [1.165, 1.54) is 0 Å². The lowest BCUT2D eigenvalue weighted by atomic mass is 10.0. The molecule has 1 amide bonds. The average Bonchev–Trinajstić information content (AvgIpc) is 2.93. The molecule has 0 unspecified atom stereocenters. The van der Waals surface area contributed by atoms with Crippen molar-refractivity contribution in [3.05, 3.63) is 47.9 Å². The zero-order chi connectivity index (χ0) is 21.5. The van der Waals surface area contributed by atoms with E-state index in [4.69, 9.17) is 4.74 Å². The first kappa shape index (κ1) is 22.0. The highest BCUT2D eigenvalue weighted by molar-refractivity contribution is 5.76. The van der Waals surface area contributed by atoms with Crippen molar-refractivity contribution in [3.63, 3.8) is 0 Å². The van der Waals surface area contributed by atoms with Crippen molar-refractivity contribution in [2.75, 3.05) is 59.3 Å². The van der Waals surface area contributed by atoms with Crippen LogP contribution in [0.4, 0.5) is 5.82 Å². The fraction of sp³-hybridized carbons (Fsp3) is 0.522. The number of benzene rings is 1. The van der Waals surface area contributed by atoms with Crippen molar-refractivity contribution in [2.24, 2.45) is 5.92 Å². The number of likely N-dealkylation sites (N-methyl/N-ethyl adjacent to an activating group) is 1. The van der Waals surface area contributed by atoms with Gasteiger partial charge in [0.25, 0.3) is 0 Å². The standard InChI is InChI=1S/C23H33N5O2/c1-26(2)22-14-20(24-17-25-22)13-19-15-27(3)11-12-28(16-19)23(29)10-7-18-5-8-21(30-4)9-6-18/h5-6,8-9,14,17,19H,7,10-13,15-16H2,1-4H3/t19-/m0/s1. The zero-order valence-electron chi connectivity index (χ0n) is 18.5. The van der Waals surface area contributed by atoms with Crippen molar-refractivity contribution < 1.29 is 9.53 Å². The van der Waals surface area contributed by atoms with Gasteiger partial charge in [0.05, 0.1) is 7.11 Å². The van der Waals surface area contributed by atoms with Crippen molar-refractivity contribution in [1.82, 2.24) is 19.8 Å². The van der Waals surface area contributed by atoms with E-state index in [1.54, 1.807) is 13.4 Å². The Morgan fingerprint density at radius 2 is 1.93 bits per heavy atom. The molecule has 0 saturated carbocycles. The maximum absolute atomic E-state index is 12.9. The number of amides is 1. The minimum Gasteiger partial charge on any atom is -0.497 e. The van der Waals surface area contributed by atoms with Gasteiger partial charge in [-0.2, -0.15) is 0 Å². The van der Waals surface area contributed by atoms with Gasteiger partial charge in [0.1, 0.15) is 17.9 Å². The summed E-state index contributed by atoms with van der Waals surface area (Å²) in [5, 5.41) is 0. The number of aromatic nitrogens is 2. The van der Waals surface area contributed by atoms with E-state index in [0.717, 1.165) is 61.8 Å². The number of nitrogens with zero attached hydrogens (tertiary/aromatic N) is 5. The van der Waals surface area contributed by atoms with Crippen LogP contribution in [0.3, 0.4) is 0 Å². The number of anilines is 1. The van der Waals surface area contributed by atoms with E-state index in [-0.39, 0.29) is 5.91 Å². The molecule has 1 aliphatic rings. The first-order chi connectivity index (χ1) is 14.4. The number of methoxy groups -OCH3 is 1. The number of ether oxygens (including phenoxy) is 1. The summed E-state index contributed by atoms with van der Waals surface area (Å²) in [5.41, 5.74) is 2.18. The number of aryl methyl sites for hydroxylation is 1. The van der Waals surface area contributed by atoms with Crippen LogP contribution in [0, 0.1) is 5.92 Å². The summed E-state index contributed by atoms with van der Waals surface area (Å²) < 4.78 is 5.20. The molecule has 0 aliphatic carbocycles. The van der Waals surface area contributed by atoms with Crippen LogP contribution in [0.15, 0.2) is 36.7 Å². The Balaban J connectivity index is 1.60. The number of carbonyl (C=O) groups excluding carboxylic acids is 1. The van der Waals surface area contributed by atoms with Gasteiger partial charge in [0, 0.05) is 58.5 Å². The van der Waals surface area contributed by atoms with E-state index >= 15 is 0 Å². The van der Waals surface area contributed by atoms with Crippen LogP contribution in [0.25, 0.3) is 0 Å². The van der Waals surface area contributed by atoms with Crippen LogP contribution in [0.2, 0.25) is 0 Å². The highest BCUT2D eigenvalue weighted by atomic mass is 16.5. The third-order valence-corrected chi connectivity index (χ3v) is 5.60. The second-order valence-corrected chi connectivity index (χ2v) is 8.28. The van der Waals surface area contributed by atoms with Gasteiger partial charge < -0.3 is 19.4 Å². The highest BCUT2D eigenvalue weighted by Gasteiger charge is 2.24. The van der Waals surface area contributed by atoms with Crippen molar-refractivity contribution in [2.45, 2.75) is 19.3 Å². The Kier molecular flexibility index (Phi) is 7.63. The molecular weight excluding hydrogens is 378 g/mol. The molecule has 2 heterocycles. The predicted molar refractivity (Wildman–Crippen MR) is 119 cm³/mol. The van der Waals surface area contributed by atoms with Crippen LogP contribution in [0.1, 0.15) is 17.7 Å². The van der Waals surface area contributed by atoms with Gasteiger partial charge >= 0.3 is 0 Å². The van der Waals surface area contributed by atoms with Gasteiger partial charge in [0.2, 0.25) is 5.91 Å². The number of carbonyl (C=O) groups is 1. The summed E-state index contributed by atoms with van der Waals surface area (Å²) in [6.07, 6.45) is 3.75. The largest absolute Gasteiger partial charge is 0.497 e. The van der Waals surface area contributed by atoms with Crippen molar-refractivity contribution in [3.8, 4) is 5.75 Å². The third-order valence-electron chi connectivity index (χ3n) is 5.60. The van der Waals surface area contributed by atoms with Crippen molar-refractivity contribution in [1.29, 1.82) is 0 Å². The summed E-state index contributed by atoms with van der Waals surface area (Å²) in [4.78, 5) is 28.0. The molecule has 0 N–H and O–H groups in total. The first-order valence-corrected chi connectivity index (χ1v) is 10.5. The number of hydrogen-bond donors (Lipinski definition) is 0. The van der Waals surface area contributed by atoms with Crippen molar-refractivity contribution >= 4 is 11.7 Å². The summed E-state index contributed by atoms with van der Waals surface area (Å²) >= 11 is 0. The molecule has 1 atom stereocenters. The topological polar surface area (TPSA) is 61.8 Å². The van der Waals surface area contributed by atoms with Crippen LogP contribution in [-0.4, -0.2) is 80.1 Å². The lowest BCUT2D eigenvalue weighted by Gasteiger charge is -2.24. The summed E-state index contributed by atoms with van der Waals surface area (Å²) in [7, 11) is 7.75. The Morgan fingerprint density at radius 3 is 2.63 bits per heavy atom. The van der Waals surface area contributed by atoms with Crippen LogP contribution in [0.5, 0.6) is 5.75 Å². The van der Waals surface area contributed by atoms with Gasteiger partial charge in [-0.1, -0.05) is 12.1 Å². The summed E-state index contributed by atoms with van der Waals surface area (Å²) in [6.45, 7) is 3.41. The maximum Gasteiger partial charge on any atom is 0.222 e. The van der Waals surface area contributed by atoms with Gasteiger partial charge in [0.15, 0.2) is 0 Å². The van der Waals surface area contributed by atoms with E-state index in [9.17, 15) is 4.79 Å². The molecule has 1 fully saturated rings. The maximum atomic E-state index is 12.9. The fourth-order valence-corrected chi connectivity index (χ4v) is 3.88. The molecule has 3 rings (SSSR count). The van der Waals surface area contributed by atoms with E-state index in [1.807, 2.05) is 54.2 Å². The quantitative estimate of drug-likeness (QED) is 0.696. The average molecular weight is 412 g/mol. The van der Waals surface area contributed by atoms with Gasteiger partial charge in [-0.05, 0) is 43.5 Å².